The average Bonchev–Trinajstić information content (AvgIpc) is 3.06. The number of nitrogens with zero attached hydrogens (tertiary/aromatic N) is 2. The van der Waals surface area contributed by atoms with E-state index in [0.717, 1.165) is 35.5 Å². The largest absolute Gasteiger partial charge is 0.486 e. The molecule has 4 rings (SSSR count). The second kappa shape index (κ2) is 8.55. The van der Waals surface area contributed by atoms with Gasteiger partial charge in [-0.1, -0.05) is 37.6 Å². The van der Waals surface area contributed by atoms with Gasteiger partial charge in [0.15, 0.2) is 11.5 Å². The summed E-state index contributed by atoms with van der Waals surface area (Å²) in [5, 5.41) is 0. The molecule has 2 aliphatic rings. The monoisotopic (exact) mass is 394 g/mol. The molecule has 6 nitrogen and oxygen atoms in total. The van der Waals surface area contributed by atoms with Crippen LogP contribution in [-0.4, -0.2) is 47.9 Å². The SMILES string of the molecule is CCCCN(Cc1ccc2c(c1)OCCO2)C(=O)CN1Cc2ccccc2C1=O. The summed E-state index contributed by atoms with van der Waals surface area (Å²) >= 11 is 0. The lowest BCUT2D eigenvalue weighted by Gasteiger charge is -2.26. The smallest absolute Gasteiger partial charge is 0.254 e. The molecule has 2 aliphatic heterocycles. The summed E-state index contributed by atoms with van der Waals surface area (Å²) in [6, 6.07) is 13.4. The van der Waals surface area contributed by atoms with Gasteiger partial charge in [-0.05, 0) is 35.7 Å². The fraction of sp³-hybridized carbons (Fsp3) is 0.391. The predicted octanol–water partition coefficient (Wildman–Crippen LogP) is 3.24. The highest BCUT2D eigenvalue weighted by Crippen LogP contribution is 2.31. The molecular formula is C23H26N2O4. The van der Waals surface area contributed by atoms with E-state index in [0.29, 0.717) is 38.4 Å². The summed E-state index contributed by atoms with van der Waals surface area (Å²) in [7, 11) is 0. The number of hydrogen-bond acceptors (Lipinski definition) is 4. The summed E-state index contributed by atoms with van der Waals surface area (Å²) in [6.45, 7) is 4.94. The van der Waals surface area contributed by atoms with Gasteiger partial charge in [-0.15, -0.1) is 0 Å². The molecule has 0 saturated heterocycles. The van der Waals surface area contributed by atoms with Crippen molar-refractivity contribution in [1.82, 2.24) is 9.80 Å². The Kier molecular flexibility index (Phi) is 5.69. The first-order chi connectivity index (χ1) is 14.2. The van der Waals surface area contributed by atoms with E-state index in [-0.39, 0.29) is 18.4 Å². The molecule has 0 aliphatic carbocycles. The van der Waals surface area contributed by atoms with Gasteiger partial charge in [0, 0.05) is 25.2 Å². The first-order valence-corrected chi connectivity index (χ1v) is 10.2. The maximum atomic E-state index is 13.1. The lowest BCUT2D eigenvalue weighted by molar-refractivity contribution is -0.132. The van der Waals surface area contributed by atoms with Gasteiger partial charge in [0.05, 0.1) is 0 Å². The number of carbonyl (C=O) groups excluding carboxylic acids is 2. The molecule has 29 heavy (non-hydrogen) atoms. The summed E-state index contributed by atoms with van der Waals surface area (Å²) in [5.41, 5.74) is 2.68. The number of unbranched alkanes of at least 4 members (excludes halogenated alkanes) is 1. The topological polar surface area (TPSA) is 59.1 Å². The Morgan fingerprint density at radius 3 is 2.69 bits per heavy atom. The molecule has 0 atom stereocenters. The standard InChI is InChI=1S/C23H26N2O4/c1-2-3-10-24(14-17-8-9-20-21(13-17)29-12-11-28-20)22(26)16-25-15-18-6-4-5-7-19(18)23(25)27/h4-9,13H,2-3,10-12,14-16H2,1H3. The van der Waals surface area contributed by atoms with Gasteiger partial charge in [-0.25, -0.2) is 0 Å². The molecule has 0 radical (unpaired) electrons. The summed E-state index contributed by atoms with van der Waals surface area (Å²) in [6.07, 6.45) is 1.92. The van der Waals surface area contributed by atoms with Crippen molar-refractivity contribution in [1.29, 1.82) is 0 Å². The first-order valence-electron chi connectivity index (χ1n) is 10.2. The number of amides is 2. The van der Waals surface area contributed by atoms with Crippen molar-refractivity contribution >= 4 is 11.8 Å². The normalized spacial score (nSPS) is 14.7. The number of rotatable bonds is 7. The van der Waals surface area contributed by atoms with E-state index >= 15 is 0 Å². The fourth-order valence-corrected chi connectivity index (χ4v) is 3.75. The van der Waals surface area contributed by atoms with E-state index in [9.17, 15) is 9.59 Å². The number of hydrogen-bond donors (Lipinski definition) is 0. The van der Waals surface area contributed by atoms with Crippen molar-refractivity contribution in [2.75, 3.05) is 26.3 Å². The van der Waals surface area contributed by atoms with Gasteiger partial charge in [0.2, 0.25) is 5.91 Å². The van der Waals surface area contributed by atoms with E-state index in [4.69, 9.17) is 9.47 Å². The van der Waals surface area contributed by atoms with Gasteiger partial charge in [0.25, 0.3) is 5.91 Å². The van der Waals surface area contributed by atoms with Crippen LogP contribution >= 0.6 is 0 Å². The van der Waals surface area contributed by atoms with Gasteiger partial charge < -0.3 is 19.3 Å². The first kappa shape index (κ1) is 19.3. The van der Waals surface area contributed by atoms with E-state index in [1.54, 1.807) is 4.90 Å². The van der Waals surface area contributed by atoms with Crippen LogP contribution in [0.2, 0.25) is 0 Å². The molecule has 0 aromatic heterocycles. The van der Waals surface area contributed by atoms with Crippen LogP contribution in [0.5, 0.6) is 11.5 Å². The van der Waals surface area contributed by atoms with Gasteiger partial charge in [-0.3, -0.25) is 9.59 Å². The van der Waals surface area contributed by atoms with Crippen LogP contribution in [0, 0.1) is 0 Å². The van der Waals surface area contributed by atoms with Crippen LogP contribution in [0.4, 0.5) is 0 Å². The zero-order chi connectivity index (χ0) is 20.2. The zero-order valence-electron chi connectivity index (χ0n) is 16.7. The van der Waals surface area contributed by atoms with Crippen molar-refractivity contribution in [3.05, 3.63) is 59.2 Å². The van der Waals surface area contributed by atoms with Crippen LogP contribution in [-0.2, 0) is 17.9 Å². The van der Waals surface area contributed by atoms with E-state index in [1.165, 1.54) is 0 Å². The molecule has 2 aromatic carbocycles. The average molecular weight is 394 g/mol. The number of fused-ring (bicyclic) bond motifs is 2. The molecular weight excluding hydrogens is 368 g/mol. The van der Waals surface area contributed by atoms with E-state index in [1.807, 2.05) is 47.4 Å². The van der Waals surface area contributed by atoms with E-state index < -0.39 is 0 Å². The number of carbonyl (C=O) groups is 2. The maximum absolute atomic E-state index is 13.1. The van der Waals surface area contributed by atoms with Crippen LogP contribution in [0.3, 0.4) is 0 Å². The van der Waals surface area contributed by atoms with Crippen molar-refractivity contribution in [3.8, 4) is 11.5 Å². The molecule has 0 spiro atoms. The van der Waals surface area contributed by atoms with Crippen LogP contribution in [0.15, 0.2) is 42.5 Å². The number of benzene rings is 2. The Labute approximate surface area is 171 Å². The van der Waals surface area contributed by atoms with Crippen molar-refractivity contribution in [2.45, 2.75) is 32.9 Å². The maximum Gasteiger partial charge on any atom is 0.254 e. The molecule has 2 amide bonds. The Morgan fingerprint density at radius 1 is 1.10 bits per heavy atom. The molecule has 0 fully saturated rings. The fourth-order valence-electron chi connectivity index (χ4n) is 3.75. The van der Waals surface area contributed by atoms with Crippen LogP contribution in [0.25, 0.3) is 0 Å². The zero-order valence-corrected chi connectivity index (χ0v) is 16.7. The third-order valence-corrected chi connectivity index (χ3v) is 5.34. The predicted molar refractivity (Wildman–Crippen MR) is 109 cm³/mol. The minimum Gasteiger partial charge on any atom is -0.486 e. The molecule has 2 heterocycles. The second-order valence-corrected chi connectivity index (χ2v) is 7.47. The lowest BCUT2D eigenvalue weighted by Crippen LogP contribution is -2.40. The molecule has 6 heteroatoms. The van der Waals surface area contributed by atoms with Gasteiger partial charge >= 0.3 is 0 Å². The highest BCUT2D eigenvalue weighted by atomic mass is 16.6. The minimum atomic E-state index is -0.0660. The molecule has 152 valence electrons. The summed E-state index contributed by atoms with van der Waals surface area (Å²) in [5.74, 6) is 1.37. The van der Waals surface area contributed by atoms with Crippen molar-refractivity contribution in [3.63, 3.8) is 0 Å². The molecule has 0 unspecified atom stereocenters. The minimum absolute atomic E-state index is 0.0329. The molecule has 0 bridgehead atoms. The van der Waals surface area contributed by atoms with Crippen LogP contribution in [0.1, 0.15) is 41.3 Å². The molecule has 2 aromatic rings. The molecule has 0 N–H and O–H groups in total. The summed E-state index contributed by atoms with van der Waals surface area (Å²) in [4.78, 5) is 29.2. The third-order valence-electron chi connectivity index (χ3n) is 5.34. The van der Waals surface area contributed by atoms with Crippen molar-refractivity contribution < 1.29 is 19.1 Å². The Hall–Kier alpha value is -3.02. The third kappa shape index (κ3) is 4.21. The van der Waals surface area contributed by atoms with Crippen LogP contribution < -0.4 is 9.47 Å². The highest BCUT2D eigenvalue weighted by Gasteiger charge is 2.29. The quantitative estimate of drug-likeness (QED) is 0.723. The molecule has 0 saturated carbocycles. The Balaban J connectivity index is 1.45. The Bertz CT molecular complexity index is 912. The second-order valence-electron chi connectivity index (χ2n) is 7.47. The lowest BCUT2D eigenvalue weighted by atomic mass is 10.1. The highest BCUT2D eigenvalue weighted by molar-refractivity contribution is 6.00. The Morgan fingerprint density at radius 2 is 1.90 bits per heavy atom. The summed E-state index contributed by atoms with van der Waals surface area (Å²) < 4.78 is 11.2. The van der Waals surface area contributed by atoms with Gasteiger partial charge in [-0.2, -0.15) is 0 Å². The van der Waals surface area contributed by atoms with E-state index in [2.05, 4.69) is 6.92 Å². The van der Waals surface area contributed by atoms with Gasteiger partial charge in [0.1, 0.15) is 19.8 Å². The van der Waals surface area contributed by atoms with Crippen molar-refractivity contribution in [2.24, 2.45) is 0 Å². The number of ether oxygens (including phenoxy) is 2.